The molecule has 1 heterocycles. The highest BCUT2D eigenvalue weighted by Crippen LogP contribution is 2.46. The van der Waals surface area contributed by atoms with Gasteiger partial charge in [-0.2, -0.15) is 0 Å². The van der Waals surface area contributed by atoms with Gasteiger partial charge < -0.3 is 24.2 Å². The van der Waals surface area contributed by atoms with Crippen LogP contribution in [0.15, 0.2) is 72.3 Å². The Morgan fingerprint density at radius 2 is 1.55 bits per heavy atom. The molecule has 0 radical (unpaired) electrons. The maximum absolute atomic E-state index is 13.7. The Hall–Kier alpha value is -4.46. The van der Waals surface area contributed by atoms with Crippen LogP contribution in [0.2, 0.25) is 0 Å². The van der Waals surface area contributed by atoms with Gasteiger partial charge in [0.2, 0.25) is 0 Å². The van der Waals surface area contributed by atoms with E-state index in [1.807, 2.05) is 38.1 Å². The highest BCUT2D eigenvalue weighted by atomic mass is 16.5. The largest absolute Gasteiger partial charge is 0.507 e. The number of aliphatic hydroxyl groups excluding tert-OH is 1. The highest BCUT2D eigenvalue weighted by molar-refractivity contribution is 6.52. The van der Waals surface area contributed by atoms with E-state index in [1.165, 1.54) is 12.0 Å². The molecule has 8 nitrogen and oxygen atoms in total. The number of carbonyl (C=O) groups is 2. The number of anilines is 2. The van der Waals surface area contributed by atoms with Crippen molar-refractivity contribution in [1.29, 1.82) is 0 Å². The number of carbonyl (C=O) groups excluding carboxylic acids is 2. The maximum Gasteiger partial charge on any atom is 0.300 e. The predicted molar refractivity (Wildman–Crippen MR) is 157 cm³/mol. The molecular formula is C32H36N2O6. The molecule has 3 aromatic carbocycles. The van der Waals surface area contributed by atoms with E-state index >= 15 is 0 Å². The van der Waals surface area contributed by atoms with Crippen LogP contribution >= 0.6 is 0 Å². The summed E-state index contributed by atoms with van der Waals surface area (Å²) in [5.41, 5.74) is 2.39. The van der Waals surface area contributed by atoms with Gasteiger partial charge in [0.25, 0.3) is 11.7 Å². The Balaban J connectivity index is 1.94. The molecule has 0 aliphatic carbocycles. The van der Waals surface area contributed by atoms with Crippen molar-refractivity contribution in [1.82, 2.24) is 0 Å². The normalized spacial score (nSPS) is 16.2. The number of amides is 1. The maximum atomic E-state index is 13.7. The lowest BCUT2D eigenvalue weighted by Crippen LogP contribution is -2.30. The minimum atomic E-state index is -0.900. The molecule has 40 heavy (non-hydrogen) atoms. The first-order chi connectivity index (χ1) is 19.4. The van der Waals surface area contributed by atoms with Crippen LogP contribution in [0.1, 0.15) is 44.9 Å². The van der Waals surface area contributed by atoms with Crippen molar-refractivity contribution in [3.63, 3.8) is 0 Å². The van der Waals surface area contributed by atoms with Crippen LogP contribution in [0, 0.1) is 0 Å². The van der Waals surface area contributed by atoms with Gasteiger partial charge in [-0.1, -0.05) is 24.3 Å². The van der Waals surface area contributed by atoms with Gasteiger partial charge in [-0.05, 0) is 69.7 Å². The second-order valence-electron chi connectivity index (χ2n) is 9.13. The average molecular weight is 545 g/mol. The molecule has 3 aromatic rings. The number of ketones is 1. The summed E-state index contributed by atoms with van der Waals surface area (Å²) in [4.78, 5) is 30.9. The molecule has 8 heteroatoms. The molecule has 1 fully saturated rings. The first kappa shape index (κ1) is 28.5. The van der Waals surface area contributed by atoms with Crippen LogP contribution in [0.3, 0.4) is 0 Å². The van der Waals surface area contributed by atoms with E-state index in [4.69, 9.17) is 14.2 Å². The molecule has 210 valence electrons. The van der Waals surface area contributed by atoms with Crippen molar-refractivity contribution in [2.45, 2.75) is 33.7 Å². The van der Waals surface area contributed by atoms with E-state index in [0.717, 1.165) is 18.8 Å². The van der Waals surface area contributed by atoms with E-state index in [9.17, 15) is 14.7 Å². The minimum Gasteiger partial charge on any atom is -0.507 e. The van der Waals surface area contributed by atoms with Crippen LogP contribution < -0.4 is 24.0 Å². The number of ether oxygens (including phenoxy) is 3. The fourth-order valence-corrected chi connectivity index (χ4v) is 5.06. The number of nitrogens with zero attached hydrogens (tertiary/aromatic N) is 2. The average Bonchev–Trinajstić information content (AvgIpc) is 3.24. The summed E-state index contributed by atoms with van der Waals surface area (Å²) >= 11 is 0. The number of aliphatic hydroxyl groups is 1. The summed E-state index contributed by atoms with van der Waals surface area (Å²) in [7, 11) is 1.51. The second-order valence-corrected chi connectivity index (χ2v) is 9.13. The van der Waals surface area contributed by atoms with Crippen LogP contribution in [-0.4, -0.2) is 50.2 Å². The van der Waals surface area contributed by atoms with Crippen LogP contribution in [0.4, 0.5) is 11.4 Å². The standard InChI is InChI=1S/C32H36N2O6/c1-6-33(7-2)22-16-14-21(15-17-22)29-28(30(35)24-19-18-23(39-8-3)20-27(24)40-9-4)31(36)32(37)34(29)25-12-10-11-13-26(25)38-5/h10-20,29,35H,6-9H2,1-5H3/b30-28-. The van der Waals surface area contributed by atoms with E-state index < -0.39 is 17.7 Å². The van der Waals surface area contributed by atoms with Gasteiger partial charge in [-0.15, -0.1) is 0 Å². The van der Waals surface area contributed by atoms with Crippen molar-refractivity contribution in [2.75, 3.05) is 43.2 Å². The fraction of sp³-hybridized carbons (Fsp3) is 0.312. The Morgan fingerprint density at radius 3 is 2.17 bits per heavy atom. The van der Waals surface area contributed by atoms with Crippen molar-refractivity contribution in [2.24, 2.45) is 0 Å². The van der Waals surface area contributed by atoms with Gasteiger partial charge in [0, 0.05) is 24.8 Å². The van der Waals surface area contributed by atoms with Gasteiger partial charge in [0.15, 0.2) is 0 Å². The molecule has 1 atom stereocenters. The molecule has 0 spiro atoms. The molecule has 1 aliphatic heterocycles. The number of Topliss-reactive ketones (excluding diaryl/α,β-unsaturated/α-hetero) is 1. The smallest absolute Gasteiger partial charge is 0.300 e. The highest BCUT2D eigenvalue weighted by Gasteiger charge is 2.48. The fourth-order valence-electron chi connectivity index (χ4n) is 5.06. The van der Waals surface area contributed by atoms with E-state index in [2.05, 4.69) is 18.7 Å². The summed E-state index contributed by atoms with van der Waals surface area (Å²) in [5.74, 6) is -0.513. The van der Waals surface area contributed by atoms with E-state index in [-0.39, 0.29) is 11.3 Å². The molecule has 4 rings (SSSR count). The Bertz CT molecular complexity index is 1390. The van der Waals surface area contributed by atoms with Crippen LogP contribution in [-0.2, 0) is 9.59 Å². The molecular weight excluding hydrogens is 508 g/mol. The lowest BCUT2D eigenvalue weighted by molar-refractivity contribution is -0.132. The third-order valence-electron chi connectivity index (χ3n) is 6.95. The monoisotopic (exact) mass is 544 g/mol. The van der Waals surface area contributed by atoms with Crippen molar-refractivity contribution >= 4 is 28.8 Å². The van der Waals surface area contributed by atoms with Crippen molar-refractivity contribution in [3.05, 3.63) is 83.4 Å². The van der Waals surface area contributed by atoms with E-state index in [0.29, 0.717) is 47.3 Å². The van der Waals surface area contributed by atoms with Crippen LogP contribution in [0.25, 0.3) is 5.76 Å². The molecule has 1 unspecified atom stereocenters. The second kappa shape index (κ2) is 12.6. The first-order valence-electron chi connectivity index (χ1n) is 13.6. The summed E-state index contributed by atoms with van der Waals surface area (Å²) < 4.78 is 17.0. The summed E-state index contributed by atoms with van der Waals surface area (Å²) in [6, 6.07) is 18.9. The zero-order valence-electron chi connectivity index (χ0n) is 23.6. The lowest BCUT2D eigenvalue weighted by Gasteiger charge is -2.28. The summed E-state index contributed by atoms with van der Waals surface area (Å²) in [6.45, 7) is 10.4. The molecule has 1 N–H and O–H groups in total. The minimum absolute atomic E-state index is 0.0309. The third-order valence-corrected chi connectivity index (χ3v) is 6.95. The van der Waals surface area contributed by atoms with Gasteiger partial charge in [-0.25, -0.2) is 0 Å². The van der Waals surface area contributed by atoms with Crippen LogP contribution in [0.5, 0.6) is 17.2 Å². The quantitative estimate of drug-likeness (QED) is 0.181. The number of benzene rings is 3. The molecule has 0 bridgehead atoms. The van der Waals surface area contributed by atoms with Gasteiger partial charge >= 0.3 is 0 Å². The van der Waals surface area contributed by atoms with Crippen molar-refractivity contribution in [3.8, 4) is 17.2 Å². The molecule has 0 saturated carbocycles. The first-order valence-corrected chi connectivity index (χ1v) is 13.6. The Kier molecular flexibility index (Phi) is 8.99. The van der Waals surface area contributed by atoms with E-state index in [1.54, 1.807) is 42.5 Å². The van der Waals surface area contributed by atoms with Crippen molar-refractivity contribution < 1.29 is 28.9 Å². The molecule has 1 aliphatic rings. The Morgan fingerprint density at radius 1 is 0.875 bits per heavy atom. The van der Waals surface area contributed by atoms with Gasteiger partial charge in [0.1, 0.15) is 23.0 Å². The molecule has 0 aromatic heterocycles. The summed E-state index contributed by atoms with van der Waals surface area (Å²) in [6.07, 6.45) is 0. The topological polar surface area (TPSA) is 88.5 Å². The third kappa shape index (κ3) is 5.34. The number of para-hydroxylation sites is 2. The number of methoxy groups -OCH3 is 1. The zero-order chi connectivity index (χ0) is 28.8. The van der Waals surface area contributed by atoms with Gasteiger partial charge in [0.05, 0.1) is 43.2 Å². The lowest BCUT2D eigenvalue weighted by atomic mass is 9.94. The number of hydrogen-bond acceptors (Lipinski definition) is 7. The number of rotatable bonds is 11. The van der Waals surface area contributed by atoms with Gasteiger partial charge in [-0.3, -0.25) is 14.5 Å². The zero-order valence-corrected chi connectivity index (χ0v) is 23.6. The molecule has 1 amide bonds. The number of hydrogen-bond donors (Lipinski definition) is 1. The molecule has 1 saturated heterocycles. The summed E-state index contributed by atoms with van der Waals surface area (Å²) in [5, 5.41) is 11.7. The Labute approximate surface area is 235 Å². The SMILES string of the molecule is CCOc1ccc(/C(O)=C2/C(=O)C(=O)N(c3ccccc3OC)C2c2ccc(N(CC)CC)cc2)c(OCC)c1. The predicted octanol–water partition coefficient (Wildman–Crippen LogP) is 5.97.